The number of amides is 1. The van der Waals surface area contributed by atoms with E-state index in [4.69, 9.17) is 4.74 Å². The molecule has 0 spiro atoms. The molecule has 150 valence electrons. The number of nitrogens with one attached hydrogen (secondary N) is 2. The summed E-state index contributed by atoms with van der Waals surface area (Å²) >= 11 is 0. The Balaban J connectivity index is 2.40. The van der Waals surface area contributed by atoms with Crippen molar-refractivity contribution in [2.24, 2.45) is 0 Å². The van der Waals surface area contributed by atoms with Crippen LogP contribution in [0.25, 0.3) is 0 Å². The summed E-state index contributed by atoms with van der Waals surface area (Å²) in [5.41, 5.74) is -5.96. The molecule has 2 rings (SSSR count). The third-order valence-electron chi connectivity index (χ3n) is 4.47. The average molecular weight is 388 g/mol. The lowest BCUT2D eigenvalue weighted by Gasteiger charge is -2.48. The third kappa shape index (κ3) is 4.20. The highest BCUT2D eigenvalue weighted by molar-refractivity contribution is 5.85. The van der Waals surface area contributed by atoms with Gasteiger partial charge in [0, 0.05) is 16.9 Å². The quantitative estimate of drug-likeness (QED) is 0.680. The van der Waals surface area contributed by atoms with Crippen LogP contribution in [0.3, 0.4) is 0 Å². The van der Waals surface area contributed by atoms with E-state index in [2.05, 4.69) is 17.2 Å². The molecule has 1 fully saturated rings. The molecule has 1 saturated heterocycles. The van der Waals surface area contributed by atoms with Crippen LogP contribution in [0.15, 0.2) is 30.5 Å². The maximum atomic E-state index is 14.8. The Morgan fingerprint density at radius 3 is 2.41 bits per heavy atom. The molecular formula is C19H24F4N2O2. The minimum Gasteiger partial charge on any atom is -0.444 e. The molecule has 0 aliphatic carbocycles. The Hall–Kier alpha value is -2.25. The summed E-state index contributed by atoms with van der Waals surface area (Å²) in [6.07, 6.45) is -1.96. The largest absolute Gasteiger partial charge is 0.444 e. The second kappa shape index (κ2) is 6.42. The van der Waals surface area contributed by atoms with Gasteiger partial charge in [0.2, 0.25) is 0 Å². The van der Waals surface area contributed by atoms with Crippen molar-refractivity contribution in [1.82, 2.24) is 5.32 Å². The summed E-state index contributed by atoms with van der Waals surface area (Å²) in [7, 11) is 0. The Morgan fingerprint density at radius 1 is 1.26 bits per heavy atom. The van der Waals surface area contributed by atoms with Crippen molar-refractivity contribution in [2.45, 2.75) is 63.8 Å². The van der Waals surface area contributed by atoms with E-state index in [-0.39, 0.29) is 11.4 Å². The van der Waals surface area contributed by atoms with Gasteiger partial charge in [0.05, 0.1) is 6.42 Å². The average Bonchev–Trinajstić information content (AvgIpc) is 2.44. The first-order valence-electron chi connectivity index (χ1n) is 8.42. The number of piperidine rings is 1. The van der Waals surface area contributed by atoms with Crippen molar-refractivity contribution < 1.29 is 27.1 Å². The highest BCUT2D eigenvalue weighted by atomic mass is 19.3. The predicted octanol–water partition coefficient (Wildman–Crippen LogP) is 5.26. The predicted molar refractivity (Wildman–Crippen MR) is 95.0 cm³/mol. The van der Waals surface area contributed by atoms with Crippen LogP contribution in [-0.2, 0) is 10.3 Å². The smallest absolute Gasteiger partial charge is 0.412 e. The number of halogens is 4. The fourth-order valence-electron chi connectivity index (χ4n) is 2.90. The Morgan fingerprint density at radius 2 is 1.85 bits per heavy atom. The van der Waals surface area contributed by atoms with Crippen LogP contribution in [-0.4, -0.2) is 23.3 Å². The zero-order valence-corrected chi connectivity index (χ0v) is 16.0. The molecule has 1 aliphatic heterocycles. The van der Waals surface area contributed by atoms with Gasteiger partial charge in [-0.3, -0.25) is 5.32 Å². The van der Waals surface area contributed by atoms with E-state index >= 15 is 0 Å². The van der Waals surface area contributed by atoms with Crippen molar-refractivity contribution in [1.29, 1.82) is 0 Å². The van der Waals surface area contributed by atoms with Gasteiger partial charge in [-0.2, -0.15) is 0 Å². The maximum Gasteiger partial charge on any atom is 0.412 e. The summed E-state index contributed by atoms with van der Waals surface area (Å²) < 4.78 is 63.4. The van der Waals surface area contributed by atoms with Crippen LogP contribution < -0.4 is 10.6 Å². The first-order valence-corrected chi connectivity index (χ1v) is 8.42. The molecule has 1 aliphatic rings. The standard InChI is InChI=1S/C19H24F4N2O2/c1-11-17(5,21)10-19(22,23)18(6,25-11)13-9-12(7-8-14(13)20)24-15(26)27-16(2,3)4/h7-9,25H,1,10H2,2-6H3,(H,24,26)/t17?,18-/m1/s1. The van der Waals surface area contributed by atoms with Gasteiger partial charge in [-0.15, -0.1) is 0 Å². The van der Waals surface area contributed by atoms with E-state index in [1.807, 2.05) is 0 Å². The van der Waals surface area contributed by atoms with E-state index < -0.39 is 46.6 Å². The topological polar surface area (TPSA) is 50.4 Å². The summed E-state index contributed by atoms with van der Waals surface area (Å²) in [6.45, 7) is 10.5. The fraction of sp³-hybridized carbons (Fsp3) is 0.526. The second-order valence-electron chi connectivity index (χ2n) is 8.13. The highest BCUT2D eigenvalue weighted by Crippen LogP contribution is 2.50. The first-order chi connectivity index (χ1) is 12.1. The van der Waals surface area contributed by atoms with E-state index in [1.165, 1.54) is 6.07 Å². The van der Waals surface area contributed by atoms with E-state index in [1.54, 1.807) is 20.8 Å². The number of ether oxygens (including phenoxy) is 1. The molecule has 0 aromatic heterocycles. The SMILES string of the molecule is C=C1N[C@](C)(c2cc(NC(=O)OC(C)(C)C)ccc2F)C(F)(F)CC1(C)F. The molecule has 1 amide bonds. The number of anilines is 1. The lowest BCUT2D eigenvalue weighted by Crippen LogP contribution is -2.62. The van der Waals surface area contributed by atoms with Crippen molar-refractivity contribution in [3.05, 3.63) is 41.9 Å². The minimum absolute atomic E-state index is 0.0682. The normalized spacial score (nSPS) is 27.7. The van der Waals surface area contributed by atoms with Crippen LogP contribution in [0.5, 0.6) is 0 Å². The molecule has 2 N–H and O–H groups in total. The van der Waals surface area contributed by atoms with Gasteiger partial charge in [-0.1, -0.05) is 6.58 Å². The highest BCUT2D eigenvalue weighted by Gasteiger charge is 2.61. The van der Waals surface area contributed by atoms with Gasteiger partial charge in [0.25, 0.3) is 5.92 Å². The zero-order valence-electron chi connectivity index (χ0n) is 16.0. The van der Waals surface area contributed by atoms with Gasteiger partial charge in [-0.25, -0.2) is 22.4 Å². The molecule has 2 atom stereocenters. The number of hydrogen-bond donors (Lipinski definition) is 2. The summed E-state index contributed by atoms with van der Waals surface area (Å²) in [6, 6.07) is 3.26. The number of allylic oxidation sites excluding steroid dienone is 1. The third-order valence-corrected chi connectivity index (χ3v) is 4.47. The van der Waals surface area contributed by atoms with Crippen LogP contribution in [0.4, 0.5) is 28.0 Å². The number of hydrogen-bond acceptors (Lipinski definition) is 3. The molecule has 1 aromatic carbocycles. The van der Waals surface area contributed by atoms with Crippen LogP contribution in [0.2, 0.25) is 0 Å². The molecule has 8 heteroatoms. The molecule has 0 radical (unpaired) electrons. The lowest BCUT2D eigenvalue weighted by atomic mass is 9.75. The Labute approximate surface area is 156 Å². The summed E-state index contributed by atoms with van der Waals surface area (Å²) in [5.74, 6) is -4.54. The lowest BCUT2D eigenvalue weighted by molar-refractivity contribution is -0.136. The zero-order chi connectivity index (χ0) is 20.8. The number of carbonyl (C=O) groups excluding carboxylic acids is 1. The van der Waals surface area contributed by atoms with Crippen molar-refractivity contribution >= 4 is 11.8 Å². The summed E-state index contributed by atoms with van der Waals surface area (Å²) in [4.78, 5) is 11.9. The van der Waals surface area contributed by atoms with E-state index in [0.29, 0.717) is 0 Å². The summed E-state index contributed by atoms with van der Waals surface area (Å²) in [5, 5.41) is 4.73. The van der Waals surface area contributed by atoms with Crippen LogP contribution >= 0.6 is 0 Å². The van der Waals surface area contributed by atoms with Gasteiger partial charge in [0.1, 0.15) is 17.0 Å². The van der Waals surface area contributed by atoms with Gasteiger partial charge >= 0.3 is 6.09 Å². The number of benzene rings is 1. The van der Waals surface area contributed by atoms with Gasteiger partial charge in [0.15, 0.2) is 5.67 Å². The van der Waals surface area contributed by atoms with Crippen molar-refractivity contribution in [3.8, 4) is 0 Å². The van der Waals surface area contributed by atoms with Gasteiger partial charge < -0.3 is 10.1 Å². The van der Waals surface area contributed by atoms with Crippen LogP contribution in [0, 0.1) is 5.82 Å². The Kier molecular flexibility index (Phi) is 5.01. The van der Waals surface area contributed by atoms with E-state index in [9.17, 15) is 22.4 Å². The van der Waals surface area contributed by atoms with Crippen molar-refractivity contribution in [2.75, 3.05) is 5.32 Å². The number of carbonyl (C=O) groups is 1. The van der Waals surface area contributed by atoms with Gasteiger partial charge in [-0.05, 0) is 52.8 Å². The molecule has 1 unspecified atom stereocenters. The van der Waals surface area contributed by atoms with Crippen molar-refractivity contribution in [3.63, 3.8) is 0 Å². The maximum absolute atomic E-state index is 14.8. The molecule has 0 saturated carbocycles. The number of rotatable bonds is 2. The van der Waals surface area contributed by atoms with E-state index in [0.717, 1.165) is 26.0 Å². The minimum atomic E-state index is -3.62. The fourth-order valence-corrected chi connectivity index (χ4v) is 2.90. The van der Waals surface area contributed by atoms with Crippen LogP contribution in [0.1, 0.15) is 46.6 Å². The molecular weight excluding hydrogens is 364 g/mol. The molecule has 4 nitrogen and oxygen atoms in total. The second-order valence-corrected chi connectivity index (χ2v) is 8.13. The molecule has 1 aromatic rings. The first kappa shape index (κ1) is 21.1. The molecule has 27 heavy (non-hydrogen) atoms. The molecule has 0 bridgehead atoms. The monoisotopic (exact) mass is 388 g/mol. The number of alkyl halides is 3. The Bertz CT molecular complexity index is 771. The molecule has 1 heterocycles.